The van der Waals surface area contributed by atoms with Gasteiger partial charge in [0.15, 0.2) is 17.6 Å². The molecule has 0 aliphatic carbocycles. The fourth-order valence-corrected chi connectivity index (χ4v) is 2.41. The van der Waals surface area contributed by atoms with Gasteiger partial charge in [0, 0.05) is 23.5 Å². The highest BCUT2D eigenvalue weighted by Crippen LogP contribution is 2.31. The number of alkyl halides is 5. The number of hydrogen-bond acceptors (Lipinski definition) is 5. The molecule has 0 bridgehead atoms. The van der Waals surface area contributed by atoms with Crippen LogP contribution in [0.15, 0.2) is 30.6 Å². The largest absolute Gasteiger partial charge is 0.463 e. The molecule has 0 radical (unpaired) electrons. The smallest absolute Gasteiger partial charge is 0.425 e. The summed E-state index contributed by atoms with van der Waals surface area (Å²) < 4.78 is 89.8. The molecule has 0 spiro atoms. The van der Waals surface area contributed by atoms with E-state index in [1.54, 1.807) is 0 Å². The standard InChI is InChI=1S/C17H14F6N4O2/c1-3-28-17(22,23)15-26-25-13-5-4-10(8-27(13)15)11-6-12(18)14(24-7-11)29-9(2)16(19,20)21/h4-9H,3H2,1-2H3/t9-/m1/s1. The summed E-state index contributed by atoms with van der Waals surface area (Å²) in [7, 11) is 0. The molecule has 0 amide bonds. The number of ether oxygens (including phenoxy) is 2. The summed E-state index contributed by atoms with van der Waals surface area (Å²) in [5, 5.41) is 7.06. The second-order valence-electron chi connectivity index (χ2n) is 5.93. The van der Waals surface area contributed by atoms with Gasteiger partial charge in [-0.05, 0) is 32.0 Å². The van der Waals surface area contributed by atoms with Gasteiger partial charge in [0.05, 0.1) is 6.61 Å². The third-order valence-electron chi connectivity index (χ3n) is 3.88. The average molecular weight is 420 g/mol. The van der Waals surface area contributed by atoms with Gasteiger partial charge in [-0.2, -0.15) is 22.0 Å². The van der Waals surface area contributed by atoms with E-state index >= 15 is 0 Å². The van der Waals surface area contributed by atoms with Crippen molar-refractivity contribution in [3.63, 3.8) is 0 Å². The van der Waals surface area contributed by atoms with Gasteiger partial charge in [0.25, 0.3) is 5.88 Å². The van der Waals surface area contributed by atoms with Crippen molar-refractivity contribution < 1.29 is 35.8 Å². The highest BCUT2D eigenvalue weighted by Gasteiger charge is 2.39. The first-order chi connectivity index (χ1) is 13.5. The van der Waals surface area contributed by atoms with E-state index in [4.69, 9.17) is 0 Å². The normalized spacial score (nSPS) is 13.7. The summed E-state index contributed by atoms with van der Waals surface area (Å²) in [4.78, 5) is 3.57. The Morgan fingerprint density at radius 1 is 1.10 bits per heavy atom. The van der Waals surface area contributed by atoms with Crippen LogP contribution in [0.1, 0.15) is 19.7 Å². The van der Waals surface area contributed by atoms with Crippen molar-refractivity contribution in [1.82, 2.24) is 19.6 Å². The Morgan fingerprint density at radius 3 is 2.45 bits per heavy atom. The van der Waals surface area contributed by atoms with Gasteiger partial charge in [0.2, 0.25) is 5.82 Å². The maximum absolute atomic E-state index is 14.2. The zero-order valence-electron chi connectivity index (χ0n) is 15.0. The first-order valence-corrected chi connectivity index (χ1v) is 8.29. The van der Waals surface area contributed by atoms with Crippen molar-refractivity contribution >= 4 is 5.65 Å². The highest BCUT2D eigenvalue weighted by molar-refractivity contribution is 5.64. The Morgan fingerprint density at radius 2 is 1.83 bits per heavy atom. The van der Waals surface area contributed by atoms with Gasteiger partial charge in [-0.1, -0.05) is 0 Å². The number of halogens is 6. The molecule has 0 saturated heterocycles. The van der Waals surface area contributed by atoms with E-state index in [9.17, 15) is 26.3 Å². The van der Waals surface area contributed by atoms with Crippen LogP contribution in [0.2, 0.25) is 0 Å². The van der Waals surface area contributed by atoms with E-state index in [0.29, 0.717) is 0 Å². The predicted octanol–water partition coefficient (Wildman–Crippen LogP) is 4.35. The third-order valence-corrected chi connectivity index (χ3v) is 3.88. The minimum atomic E-state index is -4.69. The lowest BCUT2D eigenvalue weighted by atomic mass is 10.1. The van der Waals surface area contributed by atoms with Crippen molar-refractivity contribution in [3.8, 4) is 17.0 Å². The van der Waals surface area contributed by atoms with Crippen LogP contribution in [0, 0.1) is 5.82 Å². The van der Waals surface area contributed by atoms with Gasteiger partial charge in [-0.3, -0.25) is 4.40 Å². The molecule has 0 aliphatic rings. The third kappa shape index (κ3) is 4.26. The van der Waals surface area contributed by atoms with Gasteiger partial charge < -0.3 is 9.47 Å². The summed E-state index contributed by atoms with van der Waals surface area (Å²) in [5.41, 5.74) is 0.457. The monoisotopic (exact) mass is 420 g/mol. The molecule has 3 aromatic rings. The van der Waals surface area contributed by atoms with Crippen LogP contribution in [-0.4, -0.2) is 38.5 Å². The Balaban J connectivity index is 1.96. The number of fused-ring (bicyclic) bond motifs is 1. The van der Waals surface area contributed by atoms with E-state index in [-0.39, 0.29) is 23.4 Å². The Bertz CT molecular complexity index is 1020. The molecule has 0 aromatic carbocycles. The van der Waals surface area contributed by atoms with Gasteiger partial charge in [-0.15, -0.1) is 10.2 Å². The summed E-state index contributed by atoms with van der Waals surface area (Å²) in [6.07, 6.45) is -8.37. The van der Waals surface area contributed by atoms with Crippen molar-refractivity contribution in [1.29, 1.82) is 0 Å². The van der Waals surface area contributed by atoms with E-state index < -0.39 is 35.9 Å². The first kappa shape index (κ1) is 20.8. The molecular weight excluding hydrogens is 406 g/mol. The molecule has 0 unspecified atom stereocenters. The molecule has 3 aromatic heterocycles. The zero-order chi connectivity index (χ0) is 21.4. The van der Waals surface area contributed by atoms with Crippen LogP contribution in [0.25, 0.3) is 16.8 Å². The van der Waals surface area contributed by atoms with Gasteiger partial charge in [-0.25, -0.2) is 9.37 Å². The van der Waals surface area contributed by atoms with Gasteiger partial charge >= 0.3 is 12.3 Å². The molecule has 3 rings (SSSR count). The van der Waals surface area contributed by atoms with Crippen molar-refractivity contribution in [2.24, 2.45) is 0 Å². The van der Waals surface area contributed by atoms with Crippen LogP contribution in [0.3, 0.4) is 0 Å². The lowest BCUT2D eigenvalue weighted by Crippen LogP contribution is -2.31. The SMILES string of the molecule is CCOC(F)(F)c1nnc2ccc(-c3cnc(O[C@H](C)C(F)(F)F)c(F)c3)cn12. The zero-order valence-corrected chi connectivity index (χ0v) is 15.0. The molecule has 0 fully saturated rings. The number of hydrogen-bond donors (Lipinski definition) is 0. The summed E-state index contributed by atoms with van der Waals surface area (Å²) in [6, 6.07) is 3.70. The van der Waals surface area contributed by atoms with Crippen molar-refractivity contribution in [2.45, 2.75) is 32.2 Å². The topological polar surface area (TPSA) is 61.5 Å². The maximum Gasteiger partial charge on any atom is 0.425 e. The molecule has 6 nitrogen and oxygen atoms in total. The molecule has 12 heteroatoms. The molecule has 0 N–H and O–H groups in total. The fraction of sp³-hybridized carbons (Fsp3) is 0.353. The van der Waals surface area contributed by atoms with Crippen LogP contribution >= 0.6 is 0 Å². The first-order valence-electron chi connectivity index (χ1n) is 8.29. The molecule has 0 aliphatic heterocycles. The average Bonchev–Trinajstić information content (AvgIpc) is 3.06. The van der Waals surface area contributed by atoms with E-state index in [1.165, 1.54) is 25.3 Å². The van der Waals surface area contributed by atoms with Crippen LogP contribution in [0.4, 0.5) is 26.3 Å². The van der Waals surface area contributed by atoms with E-state index in [2.05, 4.69) is 24.7 Å². The molecule has 29 heavy (non-hydrogen) atoms. The highest BCUT2D eigenvalue weighted by atomic mass is 19.4. The van der Waals surface area contributed by atoms with Gasteiger partial charge in [0.1, 0.15) is 0 Å². The lowest BCUT2D eigenvalue weighted by molar-refractivity contribution is -0.251. The van der Waals surface area contributed by atoms with Crippen LogP contribution < -0.4 is 4.74 Å². The fourth-order valence-electron chi connectivity index (χ4n) is 2.41. The number of nitrogens with zero attached hydrogens (tertiary/aromatic N) is 4. The Labute approximate surface area is 160 Å². The molecule has 3 heterocycles. The summed E-state index contributed by atoms with van der Waals surface area (Å²) in [5.74, 6) is -2.74. The summed E-state index contributed by atoms with van der Waals surface area (Å²) in [6.45, 7) is 1.84. The molecular formula is C17H14F6N4O2. The Kier molecular flexibility index (Phi) is 5.39. The van der Waals surface area contributed by atoms with Crippen LogP contribution in [-0.2, 0) is 10.8 Å². The van der Waals surface area contributed by atoms with Crippen LogP contribution in [0.5, 0.6) is 5.88 Å². The second-order valence-corrected chi connectivity index (χ2v) is 5.93. The molecule has 156 valence electrons. The minimum Gasteiger partial charge on any atom is -0.463 e. The second kappa shape index (κ2) is 7.50. The van der Waals surface area contributed by atoms with E-state index in [0.717, 1.165) is 23.6 Å². The maximum atomic E-state index is 14.2. The molecule has 1 atom stereocenters. The molecule has 0 saturated carbocycles. The van der Waals surface area contributed by atoms with E-state index in [1.807, 2.05) is 0 Å². The number of pyridine rings is 2. The summed E-state index contributed by atoms with van der Waals surface area (Å²) >= 11 is 0. The number of aromatic nitrogens is 4. The lowest BCUT2D eigenvalue weighted by Gasteiger charge is -2.17. The Hall–Kier alpha value is -2.89. The quantitative estimate of drug-likeness (QED) is 0.555. The van der Waals surface area contributed by atoms with Crippen molar-refractivity contribution in [2.75, 3.05) is 6.61 Å². The minimum absolute atomic E-state index is 0.0931. The van der Waals surface area contributed by atoms with Crippen molar-refractivity contribution in [3.05, 3.63) is 42.2 Å². The number of rotatable bonds is 6. The predicted molar refractivity (Wildman–Crippen MR) is 87.8 cm³/mol.